The van der Waals surface area contributed by atoms with Crippen LogP contribution in [0.4, 0.5) is 0 Å². The molecule has 4 aromatic rings. The molecular formula is C21H19ClN4O5S. The molecule has 9 nitrogen and oxygen atoms in total. The fourth-order valence-corrected chi connectivity index (χ4v) is 4.29. The zero-order chi connectivity index (χ0) is 23.2. The molecule has 1 atom stereocenters. The summed E-state index contributed by atoms with van der Waals surface area (Å²) in [5.41, 5.74) is 2.58. The number of pyridine rings is 1. The van der Waals surface area contributed by atoms with Crippen molar-refractivity contribution in [2.75, 3.05) is 0 Å². The predicted octanol–water partition coefficient (Wildman–Crippen LogP) is 3.64. The molecule has 32 heavy (non-hydrogen) atoms. The highest BCUT2D eigenvalue weighted by Crippen LogP contribution is 2.34. The van der Waals surface area contributed by atoms with Gasteiger partial charge in [0.1, 0.15) is 22.6 Å². The van der Waals surface area contributed by atoms with Gasteiger partial charge in [-0.05, 0) is 50.6 Å². The van der Waals surface area contributed by atoms with Crippen molar-refractivity contribution in [3.05, 3.63) is 68.7 Å². The summed E-state index contributed by atoms with van der Waals surface area (Å²) in [6.07, 6.45) is 2.47. The second-order valence-electron chi connectivity index (χ2n) is 7.35. The third-order valence-corrected chi connectivity index (χ3v) is 6.00. The van der Waals surface area contributed by atoms with Crippen molar-refractivity contribution in [1.29, 1.82) is 0 Å². The highest BCUT2D eigenvalue weighted by Gasteiger charge is 2.23. The van der Waals surface area contributed by atoms with Crippen LogP contribution in [0, 0.1) is 13.8 Å². The standard InChI is InChI=1S/C21H19ClN4O5S/c1-10-6-14(12(3)30-16-4-5-17(22)26-21(16)32(23,28)29)20-15(7-10)18(27)11(2)19(31-20)13-8-24-25-9-13/h4-9,12H,1-3H3,(H,24,25)(H2,23,28,29). The lowest BCUT2D eigenvalue weighted by molar-refractivity contribution is 0.219. The van der Waals surface area contributed by atoms with Gasteiger partial charge in [0.15, 0.2) is 11.2 Å². The topological polar surface area (TPSA) is 141 Å². The van der Waals surface area contributed by atoms with E-state index >= 15 is 0 Å². The van der Waals surface area contributed by atoms with E-state index in [1.54, 1.807) is 32.3 Å². The Bertz CT molecular complexity index is 1500. The highest BCUT2D eigenvalue weighted by atomic mass is 35.5. The molecule has 0 saturated carbocycles. The molecule has 1 unspecified atom stereocenters. The van der Waals surface area contributed by atoms with Gasteiger partial charge in [0.25, 0.3) is 10.0 Å². The van der Waals surface area contributed by atoms with Crippen LogP contribution in [0.2, 0.25) is 5.15 Å². The van der Waals surface area contributed by atoms with Crippen molar-refractivity contribution < 1.29 is 17.6 Å². The van der Waals surface area contributed by atoms with Gasteiger partial charge in [-0.3, -0.25) is 9.89 Å². The SMILES string of the molecule is Cc1cc(C(C)Oc2ccc(Cl)nc2S(N)(=O)=O)c2oc(-c3cn[nH]c3)c(C)c(=O)c2c1. The quantitative estimate of drug-likeness (QED) is 0.420. The van der Waals surface area contributed by atoms with Crippen molar-refractivity contribution in [3.63, 3.8) is 0 Å². The van der Waals surface area contributed by atoms with Gasteiger partial charge < -0.3 is 9.15 Å². The minimum absolute atomic E-state index is 0.0405. The summed E-state index contributed by atoms with van der Waals surface area (Å²) in [7, 11) is -4.19. The van der Waals surface area contributed by atoms with E-state index in [1.807, 2.05) is 13.0 Å². The van der Waals surface area contributed by atoms with Crippen LogP contribution in [-0.4, -0.2) is 23.6 Å². The third-order valence-electron chi connectivity index (χ3n) is 4.95. The van der Waals surface area contributed by atoms with Gasteiger partial charge in [0.2, 0.25) is 5.03 Å². The van der Waals surface area contributed by atoms with Crippen LogP contribution in [-0.2, 0) is 10.0 Å². The normalized spacial score (nSPS) is 12.8. The molecule has 166 valence electrons. The minimum Gasteiger partial charge on any atom is -0.483 e. The molecule has 1 aromatic carbocycles. The lowest BCUT2D eigenvalue weighted by atomic mass is 10.0. The lowest BCUT2D eigenvalue weighted by Crippen LogP contribution is -2.17. The number of aromatic nitrogens is 3. The van der Waals surface area contributed by atoms with E-state index in [0.717, 1.165) is 5.56 Å². The number of hydrogen-bond acceptors (Lipinski definition) is 7. The summed E-state index contributed by atoms with van der Waals surface area (Å²) in [5, 5.41) is 11.8. The first-order valence-electron chi connectivity index (χ1n) is 9.49. The Labute approximate surface area is 188 Å². The summed E-state index contributed by atoms with van der Waals surface area (Å²) < 4.78 is 36.0. The van der Waals surface area contributed by atoms with Crippen LogP contribution in [0.1, 0.15) is 29.7 Å². The molecule has 4 rings (SSSR count). The average Bonchev–Trinajstić information content (AvgIpc) is 3.25. The van der Waals surface area contributed by atoms with Crippen LogP contribution in [0.25, 0.3) is 22.3 Å². The van der Waals surface area contributed by atoms with Crippen molar-refractivity contribution in [3.8, 4) is 17.1 Å². The Morgan fingerprint density at radius 1 is 1.25 bits per heavy atom. The van der Waals surface area contributed by atoms with E-state index < -0.39 is 21.2 Å². The van der Waals surface area contributed by atoms with E-state index in [9.17, 15) is 13.2 Å². The number of fused-ring (bicyclic) bond motifs is 1. The largest absolute Gasteiger partial charge is 0.483 e. The van der Waals surface area contributed by atoms with Crippen LogP contribution in [0.15, 0.2) is 50.9 Å². The Kier molecular flexibility index (Phi) is 5.53. The molecule has 0 fully saturated rings. The molecule has 0 radical (unpaired) electrons. The number of ether oxygens (including phenoxy) is 1. The predicted molar refractivity (Wildman–Crippen MR) is 119 cm³/mol. The van der Waals surface area contributed by atoms with Crippen LogP contribution in [0.3, 0.4) is 0 Å². The lowest BCUT2D eigenvalue weighted by Gasteiger charge is -2.19. The average molecular weight is 475 g/mol. The first-order chi connectivity index (χ1) is 15.1. The van der Waals surface area contributed by atoms with Gasteiger partial charge in [0, 0.05) is 17.3 Å². The Morgan fingerprint density at radius 2 is 2.00 bits per heavy atom. The number of benzene rings is 1. The molecule has 11 heteroatoms. The maximum atomic E-state index is 13.1. The Morgan fingerprint density at radius 3 is 2.66 bits per heavy atom. The molecule has 0 spiro atoms. The molecule has 3 N–H and O–H groups in total. The van der Waals surface area contributed by atoms with Gasteiger partial charge >= 0.3 is 0 Å². The van der Waals surface area contributed by atoms with Crippen molar-refractivity contribution in [1.82, 2.24) is 15.2 Å². The zero-order valence-electron chi connectivity index (χ0n) is 17.3. The smallest absolute Gasteiger partial charge is 0.259 e. The van der Waals surface area contributed by atoms with Gasteiger partial charge in [-0.1, -0.05) is 11.6 Å². The van der Waals surface area contributed by atoms with Crippen LogP contribution in [0.5, 0.6) is 5.75 Å². The third kappa shape index (κ3) is 3.99. The molecule has 0 saturated heterocycles. The van der Waals surface area contributed by atoms with E-state index in [0.29, 0.717) is 33.4 Å². The number of hydrogen-bond donors (Lipinski definition) is 2. The van der Waals surface area contributed by atoms with Crippen molar-refractivity contribution >= 4 is 32.6 Å². The van der Waals surface area contributed by atoms with Gasteiger partial charge in [-0.2, -0.15) is 5.10 Å². The molecule has 0 aliphatic heterocycles. The van der Waals surface area contributed by atoms with E-state index in [2.05, 4.69) is 15.2 Å². The summed E-state index contributed by atoms with van der Waals surface area (Å²) in [6, 6.07) is 6.32. The number of aryl methyl sites for hydroxylation is 1. The van der Waals surface area contributed by atoms with Gasteiger partial charge in [-0.25, -0.2) is 18.5 Å². The molecule has 3 aromatic heterocycles. The zero-order valence-corrected chi connectivity index (χ0v) is 18.9. The number of halogens is 1. The van der Waals surface area contributed by atoms with Crippen molar-refractivity contribution in [2.45, 2.75) is 31.9 Å². The number of nitrogens with one attached hydrogen (secondary N) is 1. The molecule has 0 bridgehead atoms. The van der Waals surface area contributed by atoms with E-state index in [1.165, 1.54) is 12.1 Å². The first-order valence-corrected chi connectivity index (χ1v) is 11.4. The number of nitrogens with zero attached hydrogens (tertiary/aromatic N) is 2. The van der Waals surface area contributed by atoms with Crippen molar-refractivity contribution in [2.24, 2.45) is 5.14 Å². The van der Waals surface area contributed by atoms with Crippen LogP contribution < -0.4 is 15.3 Å². The fourth-order valence-electron chi connectivity index (χ4n) is 3.47. The Hall–Kier alpha value is -3.21. The number of nitrogens with two attached hydrogens (primary N) is 1. The summed E-state index contributed by atoms with van der Waals surface area (Å²) in [5.74, 6) is 0.315. The summed E-state index contributed by atoms with van der Waals surface area (Å²) in [4.78, 5) is 16.9. The number of H-pyrrole nitrogens is 1. The Balaban J connectivity index is 1.89. The van der Waals surface area contributed by atoms with Gasteiger partial charge in [0.05, 0.1) is 17.1 Å². The number of sulfonamides is 1. The molecular weight excluding hydrogens is 456 g/mol. The fraction of sp³-hybridized carbons (Fsp3) is 0.190. The molecule has 0 aliphatic carbocycles. The number of aromatic amines is 1. The van der Waals surface area contributed by atoms with Crippen LogP contribution >= 0.6 is 11.6 Å². The number of rotatable bonds is 5. The monoisotopic (exact) mass is 474 g/mol. The molecule has 3 heterocycles. The first kappa shape index (κ1) is 22.0. The maximum absolute atomic E-state index is 13.1. The van der Waals surface area contributed by atoms with Gasteiger partial charge in [-0.15, -0.1) is 0 Å². The minimum atomic E-state index is -4.19. The summed E-state index contributed by atoms with van der Waals surface area (Å²) >= 11 is 5.83. The molecule has 0 aliphatic rings. The second-order valence-corrected chi connectivity index (χ2v) is 9.21. The maximum Gasteiger partial charge on any atom is 0.259 e. The van der Waals surface area contributed by atoms with E-state index in [-0.39, 0.29) is 16.3 Å². The van der Waals surface area contributed by atoms with E-state index in [4.69, 9.17) is 25.9 Å². The highest BCUT2D eigenvalue weighted by molar-refractivity contribution is 7.89. The molecule has 0 amide bonds. The second kappa shape index (κ2) is 8.05. The summed E-state index contributed by atoms with van der Waals surface area (Å²) in [6.45, 7) is 5.23. The number of primary sulfonamides is 1.